The first-order valence-corrected chi connectivity index (χ1v) is 3.67. The molecule has 0 heterocycles. The third-order valence-corrected chi connectivity index (χ3v) is 1.73. The van der Waals surface area contributed by atoms with Crippen LogP contribution in [0.4, 0.5) is 0 Å². The molecule has 0 aromatic carbocycles. The van der Waals surface area contributed by atoms with Crippen LogP contribution in [0.2, 0.25) is 0 Å². The summed E-state index contributed by atoms with van der Waals surface area (Å²) in [7, 11) is 0. The number of ether oxygens (including phenoxy) is 1. The van der Waals surface area contributed by atoms with Gasteiger partial charge in [-0.05, 0) is 25.7 Å². The van der Waals surface area contributed by atoms with Gasteiger partial charge >= 0.3 is 0 Å². The van der Waals surface area contributed by atoms with Crippen molar-refractivity contribution in [3.05, 3.63) is 12.2 Å². The number of hydrogen-bond donors (Lipinski definition) is 0. The van der Waals surface area contributed by atoms with Crippen LogP contribution in [0.5, 0.6) is 0 Å². The monoisotopic (exact) mass is 140 g/mol. The van der Waals surface area contributed by atoms with Gasteiger partial charge in [0, 0.05) is 0 Å². The Morgan fingerprint density at radius 3 is 2.40 bits per heavy atom. The Bertz CT molecular complexity index is 119. The van der Waals surface area contributed by atoms with Crippen LogP contribution in [0.1, 0.15) is 25.7 Å². The van der Waals surface area contributed by atoms with Gasteiger partial charge in [0.15, 0.2) is 0 Å². The molecule has 1 aliphatic rings. The molecule has 0 aromatic heterocycles. The molecule has 1 aliphatic carbocycles. The van der Waals surface area contributed by atoms with Crippen LogP contribution in [0.3, 0.4) is 0 Å². The molecule has 0 unspecified atom stereocenters. The number of carbonyl (C=O) groups excluding carboxylic acids is 1. The smallest absolute Gasteiger partial charge is 0.293 e. The van der Waals surface area contributed by atoms with Crippen molar-refractivity contribution in [2.45, 2.75) is 31.8 Å². The van der Waals surface area contributed by atoms with Crippen LogP contribution in [0.15, 0.2) is 12.2 Å². The van der Waals surface area contributed by atoms with Crippen LogP contribution < -0.4 is 0 Å². The number of hydrogen-bond acceptors (Lipinski definition) is 2. The van der Waals surface area contributed by atoms with Gasteiger partial charge < -0.3 is 4.74 Å². The van der Waals surface area contributed by atoms with Crippen LogP contribution in [-0.2, 0) is 9.53 Å². The Balaban J connectivity index is 2.26. The molecule has 0 aliphatic heterocycles. The highest BCUT2D eigenvalue weighted by Gasteiger charge is 2.08. The third kappa shape index (κ3) is 2.21. The Hall–Kier alpha value is -0.790. The molecule has 10 heavy (non-hydrogen) atoms. The van der Waals surface area contributed by atoms with E-state index in [1.807, 2.05) is 0 Å². The maximum absolute atomic E-state index is 9.94. The van der Waals surface area contributed by atoms with E-state index in [0.29, 0.717) is 6.47 Å². The minimum Gasteiger partial charge on any atom is -0.465 e. The topological polar surface area (TPSA) is 26.3 Å². The molecule has 0 aromatic rings. The van der Waals surface area contributed by atoms with E-state index in [-0.39, 0.29) is 6.10 Å². The predicted octanol–water partition coefficient (Wildman–Crippen LogP) is 1.66. The van der Waals surface area contributed by atoms with Gasteiger partial charge in [0.05, 0.1) is 0 Å². The fraction of sp³-hybridized carbons (Fsp3) is 0.625. The molecule has 0 radical (unpaired) electrons. The van der Waals surface area contributed by atoms with Crippen LogP contribution in [0, 0.1) is 0 Å². The summed E-state index contributed by atoms with van der Waals surface area (Å²) in [5.74, 6) is 0. The van der Waals surface area contributed by atoms with E-state index in [4.69, 9.17) is 4.74 Å². The van der Waals surface area contributed by atoms with Crippen molar-refractivity contribution >= 4 is 6.47 Å². The zero-order valence-corrected chi connectivity index (χ0v) is 5.95. The van der Waals surface area contributed by atoms with Gasteiger partial charge in [0.2, 0.25) is 0 Å². The molecule has 2 heteroatoms. The number of rotatable bonds is 2. The average molecular weight is 140 g/mol. The van der Waals surface area contributed by atoms with Crippen molar-refractivity contribution in [1.82, 2.24) is 0 Å². The molecule has 0 saturated carbocycles. The quantitative estimate of drug-likeness (QED) is 0.430. The molecule has 2 nitrogen and oxygen atoms in total. The zero-order chi connectivity index (χ0) is 7.23. The average Bonchev–Trinajstić information content (AvgIpc) is 2.17. The molecule has 56 valence electrons. The number of allylic oxidation sites excluding steroid dienone is 2. The van der Waals surface area contributed by atoms with Crippen molar-refractivity contribution in [2.75, 3.05) is 0 Å². The van der Waals surface area contributed by atoms with Crippen molar-refractivity contribution in [3.8, 4) is 0 Å². The van der Waals surface area contributed by atoms with Crippen molar-refractivity contribution in [2.24, 2.45) is 0 Å². The molecule has 0 saturated heterocycles. The highest BCUT2D eigenvalue weighted by Crippen LogP contribution is 2.13. The summed E-state index contributed by atoms with van der Waals surface area (Å²) in [6.07, 6.45) is 8.50. The lowest BCUT2D eigenvalue weighted by atomic mass is 10.1. The summed E-state index contributed by atoms with van der Waals surface area (Å²) in [5, 5.41) is 0. The second-order valence-electron chi connectivity index (χ2n) is 2.48. The van der Waals surface area contributed by atoms with Gasteiger partial charge in [-0.25, -0.2) is 0 Å². The zero-order valence-electron chi connectivity index (χ0n) is 5.95. The van der Waals surface area contributed by atoms with E-state index in [9.17, 15) is 4.79 Å². The molecule has 0 spiro atoms. The molecular weight excluding hydrogens is 128 g/mol. The first-order chi connectivity index (χ1) is 4.93. The Morgan fingerprint density at radius 2 is 1.90 bits per heavy atom. The van der Waals surface area contributed by atoms with Crippen molar-refractivity contribution in [3.63, 3.8) is 0 Å². The predicted molar refractivity (Wildman–Crippen MR) is 38.5 cm³/mol. The maximum Gasteiger partial charge on any atom is 0.293 e. The van der Waals surface area contributed by atoms with E-state index < -0.39 is 0 Å². The molecule has 0 bridgehead atoms. The summed E-state index contributed by atoms with van der Waals surface area (Å²) in [6, 6.07) is 0. The van der Waals surface area contributed by atoms with Gasteiger partial charge in [0.1, 0.15) is 6.10 Å². The van der Waals surface area contributed by atoms with Gasteiger partial charge in [0.25, 0.3) is 6.47 Å². The summed E-state index contributed by atoms with van der Waals surface area (Å²) in [4.78, 5) is 9.94. The Kier molecular flexibility index (Phi) is 3.00. The fourth-order valence-corrected chi connectivity index (χ4v) is 1.16. The Morgan fingerprint density at radius 1 is 1.30 bits per heavy atom. The van der Waals surface area contributed by atoms with Gasteiger partial charge in [-0.3, -0.25) is 4.79 Å². The molecule has 1 rings (SSSR count). The summed E-state index contributed by atoms with van der Waals surface area (Å²) < 4.78 is 4.84. The molecule has 0 amide bonds. The van der Waals surface area contributed by atoms with E-state index in [0.717, 1.165) is 25.7 Å². The van der Waals surface area contributed by atoms with Crippen LogP contribution in [-0.4, -0.2) is 12.6 Å². The van der Waals surface area contributed by atoms with Gasteiger partial charge in [-0.2, -0.15) is 0 Å². The van der Waals surface area contributed by atoms with E-state index in [2.05, 4.69) is 12.2 Å². The van der Waals surface area contributed by atoms with E-state index >= 15 is 0 Å². The lowest BCUT2D eigenvalue weighted by molar-refractivity contribution is -0.134. The van der Waals surface area contributed by atoms with Gasteiger partial charge in [-0.1, -0.05) is 12.2 Å². The lowest BCUT2D eigenvalue weighted by Crippen LogP contribution is -2.09. The van der Waals surface area contributed by atoms with Crippen LogP contribution in [0.25, 0.3) is 0 Å². The molecule has 0 atom stereocenters. The highest BCUT2D eigenvalue weighted by atomic mass is 16.5. The lowest BCUT2D eigenvalue weighted by Gasteiger charge is -2.10. The maximum atomic E-state index is 9.94. The third-order valence-electron chi connectivity index (χ3n) is 1.73. The minimum atomic E-state index is 0.160. The molecule has 0 fully saturated rings. The van der Waals surface area contributed by atoms with Crippen LogP contribution >= 0.6 is 0 Å². The fourth-order valence-electron chi connectivity index (χ4n) is 1.16. The van der Waals surface area contributed by atoms with Crippen molar-refractivity contribution in [1.29, 1.82) is 0 Å². The highest BCUT2D eigenvalue weighted by molar-refractivity contribution is 5.37. The van der Waals surface area contributed by atoms with Crippen molar-refractivity contribution < 1.29 is 9.53 Å². The second-order valence-corrected chi connectivity index (χ2v) is 2.48. The summed E-state index contributed by atoms with van der Waals surface area (Å²) in [5.41, 5.74) is 0. The summed E-state index contributed by atoms with van der Waals surface area (Å²) in [6.45, 7) is 0.552. The minimum absolute atomic E-state index is 0.160. The van der Waals surface area contributed by atoms with E-state index in [1.165, 1.54) is 0 Å². The standard InChI is InChI=1S/C8H12O2/c9-7-10-8-5-3-1-2-4-6-8/h1-2,7-8H,3-6H2. The molecule has 0 N–H and O–H groups in total. The first-order valence-electron chi connectivity index (χ1n) is 3.67. The molecular formula is C8H12O2. The normalized spacial score (nSPS) is 20.0. The SMILES string of the molecule is O=COC1CCC=CCC1. The van der Waals surface area contributed by atoms with Gasteiger partial charge in [-0.15, -0.1) is 0 Å². The summed E-state index contributed by atoms with van der Waals surface area (Å²) >= 11 is 0. The Labute approximate surface area is 60.9 Å². The largest absolute Gasteiger partial charge is 0.465 e. The second kappa shape index (κ2) is 4.09. The van der Waals surface area contributed by atoms with E-state index in [1.54, 1.807) is 0 Å². The number of carbonyl (C=O) groups is 1. The first kappa shape index (κ1) is 7.32.